The van der Waals surface area contributed by atoms with Crippen LogP contribution in [0.2, 0.25) is 0 Å². The van der Waals surface area contributed by atoms with Gasteiger partial charge in [-0.05, 0) is 50.1 Å². The summed E-state index contributed by atoms with van der Waals surface area (Å²) in [4.78, 5) is 27.2. The average Bonchev–Trinajstić information content (AvgIpc) is 3.15. The molecule has 0 saturated carbocycles. The van der Waals surface area contributed by atoms with Crippen LogP contribution in [0.5, 0.6) is 0 Å². The molecule has 0 atom stereocenters. The minimum Gasteiger partial charge on any atom is -0.372 e. The number of hydrogen-bond acceptors (Lipinski definition) is 4. The second kappa shape index (κ2) is 6.93. The molecule has 6 nitrogen and oxygen atoms in total. The number of amides is 1. The molecule has 0 aliphatic carbocycles. The Kier molecular flexibility index (Phi) is 4.70. The lowest BCUT2D eigenvalue weighted by Gasteiger charge is -2.21. The molecule has 1 heterocycles. The lowest BCUT2D eigenvalue weighted by molar-refractivity contribution is -0.385. The fourth-order valence-corrected chi connectivity index (χ4v) is 3.21. The first kappa shape index (κ1) is 17.0. The van der Waals surface area contributed by atoms with E-state index in [-0.39, 0.29) is 11.6 Å². The van der Waals surface area contributed by atoms with Crippen LogP contribution in [-0.2, 0) is 0 Å². The molecular weight excluding hydrogens is 318 g/mol. The summed E-state index contributed by atoms with van der Waals surface area (Å²) in [5, 5.41) is 11.1. The molecule has 3 rings (SSSR count). The number of hydrogen-bond donors (Lipinski definition) is 0. The highest BCUT2D eigenvalue weighted by Gasteiger charge is 2.21. The van der Waals surface area contributed by atoms with Crippen molar-refractivity contribution in [3.8, 4) is 0 Å². The summed E-state index contributed by atoms with van der Waals surface area (Å²) in [7, 11) is 1.69. The van der Waals surface area contributed by atoms with Gasteiger partial charge in [-0.15, -0.1) is 0 Å². The van der Waals surface area contributed by atoms with Gasteiger partial charge in [-0.25, -0.2) is 0 Å². The standard InChI is InChI=1S/C19H21N3O3/c1-14-17(6-5-7-18(14)22(24)25)19(23)20(2)15-8-10-16(11-9-15)21-12-3-4-13-21/h5-11H,3-4,12-13H2,1-2H3. The first-order valence-corrected chi connectivity index (χ1v) is 8.36. The Morgan fingerprint density at radius 2 is 1.76 bits per heavy atom. The van der Waals surface area contributed by atoms with E-state index in [1.54, 1.807) is 26.1 Å². The molecule has 130 valence electrons. The fourth-order valence-electron chi connectivity index (χ4n) is 3.21. The summed E-state index contributed by atoms with van der Waals surface area (Å²) in [6.07, 6.45) is 2.43. The average molecular weight is 339 g/mol. The van der Waals surface area contributed by atoms with Gasteiger partial charge in [0, 0.05) is 48.7 Å². The Bertz CT molecular complexity index is 796. The zero-order valence-electron chi connectivity index (χ0n) is 14.4. The number of benzene rings is 2. The number of anilines is 2. The van der Waals surface area contributed by atoms with E-state index in [9.17, 15) is 14.9 Å². The van der Waals surface area contributed by atoms with E-state index in [2.05, 4.69) is 4.90 Å². The fraction of sp³-hybridized carbons (Fsp3) is 0.316. The van der Waals surface area contributed by atoms with Gasteiger partial charge in [0.15, 0.2) is 0 Å². The monoisotopic (exact) mass is 339 g/mol. The van der Waals surface area contributed by atoms with Gasteiger partial charge in [-0.1, -0.05) is 6.07 Å². The molecule has 1 fully saturated rings. The zero-order valence-corrected chi connectivity index (χ0v) is 14.4. The Hall–Kier alpha value is -2.89. The number of carbonyl (C=O) groups is 1. The van der Waals surface area contributed by atoms with Crippen LogP contribution < -0.4 is 9.80 Å². The van der Waals surface area contributed by atoms with Crippen molar-refractivity contribution in [2.45, 2.75) is 19.8 Å². The van der Waals surface area contributed by atoms with Crippen molar-refractivity contribution in [3.05, 3.63) is 63.7 Å². The molecule has 0 unspecified atom stereocenters. The molecule has 1 aliphatic rings. The van der Waals surface area contributed by atoms with Crippen molar-refractivity contribution < 1.29 is 9.72 Å². The maximum Gasteiger partial charge on any atom is 0.273 e. The van der Waals surface area contributed by atoms with E-state index in [0.717, 1.165) is 24.5 Å². The molecule has 0 N–H and O–H groups in total. The summed E-state index contributed by atoms with van der Waals surface area (Å²) in [6.45, 7) is 3.75. The summed E-state index contributed by atoms with van der Waals surface area (Å²) in [5.41, 5.74) is 2.62. The third kappa shape index (κ3) is 3.33. The quantitative estimate of drug-likeness (QED) is 0.628. The van der Waals surface area contributed by atoms with Crippen LogP contribution in [0.25, 0.3) is 0 Å². The highest BCUT2D eigenvalue weighted by molar-refractivity contribution is 6.07. The van der Waals surface area contributed by atoms with Crippen LogP contribution in [-0.4, -0.2) is 31.0 Å². The molecule has 0 spiro atoms. The van der Waals surface area contributed by atoms with Gasteiger partial charge < -0.3 is 9.80 Å². The zero-order chi connectivity index (χ0) is 18.0. The predicted octanol–water partition coefficient (Wildman–Crippen LogP) is 3.78. The van der Waals surface area contributed by atoms with Crippen molar-refractivity contribution >= 4 is 23.0 Å². The molecule has 2 aromatic rings. The molecule has 0 bridgehead atoms. The molecule has 1 aliphatic heterocycles. The second-order valence-electron chi connectivity index (χ2n) is 6.28. The van der Waals surface area contributed by atoms with Crippen molar-refractivity contribution in [1.29, 1.82) is 0 Å². The molecule has 2 aromatic carbocycles. The van der Waals surface area contributed by atoms with Gasteiger partial charge in [0.05, 0.1) is 4.92 Å². The number of carbonyl (C=O) groups excluding carboxylic acids is 1. The molecule has 1 amide bonds. The highest BCUT2D eigenvalue weighted by Crippen LogP contribution is 2.26. The van der Waals surface area contributed by atoms with Gasteiger partial charge in [0.1, 0.15) is 0 Å². The van der Waals surface area contributed by atoms with Crippen LogP contribution in [0.4, 0.5) is 17.1 Å². The number of rotatable bonds is 4. The lowest BCUT2D eigenvalue weighted by atomic mass is 10.1. The van der Waals surface area contributed by atoms with Gasteiger partial charge in [-0.2, -0.15) is 0 Å². The Morgan fingerprint density at radius 1 is 1.12 bits per heavy atom. The van der Waals surface area contributed by atoms with Crippen LogP contribution in [0, 0.1) is 17.0 Å². The van der Waals surface area contributed by atoms with E-state index in [1.165, 1.54) is 23.8 Å². The summed E-state index contributed by atoms with van der Waals surface area (Å²) in [5.74, 6) is -0.255. The summed E-state index contributed by atoms with van der Waals surface area (Å²) >= 11 is 0. The molecule has 1 saturated heterocycles. The SMILES string of the molecule is Cc1c(C(=O)N(C)c2ccc(N3CCCC3)cc2)cccc1[N+](=O)[O-]. The van der Waals surface area contributed by atoms with Crippen LogP contribution in [0.1, 0.15) is 28.8 Å². The smallest absolute Gasteiger partial charge is 0.273 e. The van der Waals surface area contributed by atoms with Gasteiger partial charge >= 0.3 is 0 Å². The molecule has 0 radical (unpaired) electrons. The molecule has 6 heteroatoms. The first-order valence-electron chi connectivity index (χ1n) is 8.36. The van der Waals surface area contributed by atoms with Crippen LogP contribution in [0.15, 0.2) is 42.5 Å². The maximum absolute atomic E-state index is 12.8. The van der Waals surface area contributed by atoms with Crippen molar-refractivity contribution in [2.24, 2.45) is 0 Å². The van der Waals surface area contributed by atoms with E-state index < -0.39 is 4.92 Å². The third-order valence-electron chi connectivity index (χ3n) is 4.75. The second-order valence-corrected chi connectivity index (χ2v) is 6.28. The molecular formula is C19H21N3O3. The van der Waals surface area contributed by atoms with Gasteiger partial charge in [0.2, 0.25) is 0 Å². The lowest BCUT2D eigenvalue weighted by Crippen LogP contribution is -2.27. The summed E-state index contributed by atoms with van der Waals surface area (Å²) in [6, 6.07) is 12.4. The first-order chi connectivity index (χ1) is 12.0. The van der Waals surface area contributed by atoms with E-state index in [4.69, 9.17) is 0 Å². The van der Waals surface area contributed by atoms with Crippen LogP contribution >= 0.6 is 0 Å². The molecule has 0 aromatic heterocycles. The van der Waals surface area contributed by atoms with E-state index in [1.807, 2.05) is 24.3 Å². The Morgan fingerprint density at radius 3 is 2.36 bits per heavy atom. The minimum atomic E-state index is -0.461. The molecule has 25 heavy (non-hydrogen) atoms. The maximum atomic E-state index is 12.8. The minimum absolute atomic E-state index is 0.0383. The van der Waals surface area contributed by atoms with Gasteiger partial charge in [-0.3, -0.25) is 14.9 Å². The normalized spacial score (nSPS) is 13.8. The van der Waals surface area contributed by atoms with Crippen molar-refractivity contribution in [1.82, 2.24) is 0 Å². The number of nitro benzene ring substituents is 1. The Balaban J connectivity index is 1.83. The number of nitrogens with zero attached hydrogens (tertiary/aromatic N) is 3. The number of nitro groups is 1. The van der Waals surface area contributed by atoms with Crippen LogP contribution in [0.3, 0.4) is 0 Å². The van der Waals surface area contributed by atoms with Gasteiger partial charge in [0.25, 0.3) is 11.6 Å². The highest BCUT2D eigenvalue weighted by atomic mass is 16.6. The summed E-state index contributed by atoms with van der Waals surface area (Å²) < 4.78 is 0. The Labute approximate surface area is 146 Å². The van der Waals surface area contributed by atoms with E-state index >= 15 is 0 Å². The topological polar surface area (TPSA) is 66.7 Å². The largest absolute Gasteiger partial charge is 0.372 e. The third-order valence-corrected chi connectivity index (χ3v) is 4.75. The predicted molar refractivity (Wildman–Crippen MR) is 98.5 cm³/mol. The van der Waals surface area contributed by atoms with Crippen molar-refractivity contribution in [3.63, 3.8) is 0 Å². The van der Waals surface area contributed by atoms with Crippen molar-refractivity contribution in [2.75, 3.05) is 29.9 Å². The van der Waals surface area contributed by atoms with E-state index in [0.29, 0.717) is 11.1 Å².